The smallest absolute Gasteiger partial charge is 0.253 e. The predicted molar refractivity (Wildman–Crippen MR) is 136 cm³/mol. The fourth-order valence-electron chi connectivity index (χ4n) is 3.34. The van der Waals surface area contributed by atoms with Crippen molar-refractivity contribution in [2.75, 3.05) is 23.4 Å². The summed E-state index contributed by atoms with van der Waals surface area (Å²) in [5.41, 5.74) is 9.40. The van der Waals surface area contributed by atoms with E-state index in [-0.39, 0.29) is 12.4 Å². The number of hydrogen-bond acceptors (Lipinski definition) is 9. The lowest BCUT2D eigenvalue weighted by atomic mass is 10.2. The van der Waals surface area contributed by atoms with E-state index in [1.807, 2.05) is 67.6 Å². The summed E-state index contributed by atoms with van der Waals surface area (Å²) in [6.45, 7) is 2.16. The fourth-order valence-corrected chi connectivity index (χ4v) is 4.40. The second-order valence-electron chi connectivity index (χ2n) is 7.60. The van der Waals surface area contributed by atoms with Crippen molar-refractivity contribution < 1.29 is 13.7 Å². The first-order chi connectivity index (χ1) is 17.1. The van der Waals surface area contributed by atoms with Crippen LogP contribution in [-0.2, 0) is 23.6 Å². The molecule has 1 aliphatic rings. The molecule has 0 saturated heterocycles. The Morgan fingerprint density at radius 3 is 2.71 bits per heavy atom. The van der Waals surface area contributed by atoms with Crippen molar-refractivity contribution in [1.82, 2.24) is 20.2 Å². The maximum Gasteiger partial charge on any atom is 0.253 e. The van der Waals surface area contributed by atoms with E-state index < -0.39 is 10.8 Å². The molecule has 0 fully saturated rings. The van der Waals surface area contributed by atoms with Crippen molar-refractivity contribution in [1.29, 1.82) is 0 Å². The molecule has 0 radical (unpaired) electrons. The number of aryl methyl sites for hydroxylation is 1. The van der Waals surface area contributed by atoms with Crippen molar-refractivity contribution in [3.05, 3.63) is 77.8 Å². The molecule has 0 aliphatic carbocycles. The number of rotatable bonds is 6. The zero-order chi connectivity index (χ0) is 24.6. The van der Waals surface area contributed by atoms with Gasteiger partial charge in [0.25, 0.3) is 5.89 Å². The number of fused-ring (bicyclic) bond motifs is 1. The first kappa shape index (κ1) is 24.2. The molecule has 0 saturated carbocycles. The van der Waals surface area contributed by atoms with Gasteiger partial charge in [0, 0.05) is 35.6 Å². The Kier molecular flexibility index (Phi) is 7.96. The molecule has 2 aromatic heterocycles. The fraction of sp³-hybridized carbons (Fsp3) is 0.200. The molecular formula is C25H26N6O3S. The summed E-state index contributed by atoms with van der Waals surface area (Å²) in [4.78, 5) is 9.35. The molecule has 35 heavy (non-hydrogen) atoms. The maximum atomic E-state index is 12.0. The van der Waals surface area contributed by atoms with Crippen LogP contribution in [0.4, 0.5) is 17.5 Å². The number of nitrogens with two attached hydrogens (primary N) is 1. The first-order valence-electron chi connectivity index (χ1n) is 11.1. The van der Waals surface area contributed by atoms with Gasteiger partial charge in [-0.25, -0.2) is 4.98 Å². The summed E-state index contributed by atoms with van der Waals surface area (Å²) in [5, 5.41) is 19.5. The minimum atomic E-state index is -0.986. The minimum Gasteiger partial charge on any atom is -0.421 e. The lowest BCUT2D eigenvalue weighted by molar-refractivity contribution is 0.299. The average molecular weight is 491 g/mol. The molecule has 1 atom stereocenters. The molecule has 10 heteroatoms. The standard InChI is InChI=1S/C17H16N6O2S.C8H10O/c1-2-14-22-23-16(25-14)12-9-19-17(21-15(12)18)20-11-5-6-13-10(8-11)4-3-7-26(13)24;9-7-6-8-4-2-1-3-5-8/h3-6,8-9H,2,7H2,1H3,(H3,18,19,20,21);1-5,9H,6-7H2. The monoisotopic (exact) mass is 490 g/mol. The van der Waals surface area contributed by atoms with Crippen LogP contribution >= 0.6 is 0 Å². The number of aliphatic hydroxyl groups is 1. The van der Waals surface area contributed by atoms with Crippen molar-refractivity contribution in [2.45, 2.75) is 24.7 Å². The average Bonchev–Trinajstić information content (AvgIpc) is 3.35. The van der Waals surface area contributed by atoms with Gasteiger partial charge in [0.05, 0.1) is 16.4 Å². The molecule has 2 aromatic carbocycles. The summed E-state index contributed by atoms with van der Waals surface area (Å²) in [6, 6.07) is 15.5. The molecule has 180 valence electrons. The number of nitrogens with zero attached hydrogens (tertiary/aromatic N) is 4. The highest BCUT2D eigenvalue weighted by Crippen LogP contribution is 2.27. The van der Waals surface area contributed by atoms with Gasteiger partial charge in [-0.1, -0.05) is 49.4 Å². The Morgan fingerprint density at radius 1 is 1.17 bits per heavy atom. The van der Waals surface area contributed by atoms with Crippen LogP contribution in [0.2, 0.25) is 0 Å². The van der Waals surface area contributed by atoms with Crippen molar-refractivity contribution in [2.24, 2.45) is 0 Å². The number of aromatic nitrogens is 4. The summed E-state index contributed by atoms with van der Waals surface area (Å²) in [6.07, 6.45) is 6.82. The van der Waals surface area contributed by atoms with E-state index in [4.69, 9.17) is 15.3 Å². The Morgan fingerprint density at radius 2 is 2.00 bits per heavy atom. The quantitative estimate of drug-likeness (QED) is 0.368. The van der Waals surface area contributed by atoms with Gasteiger partial charge in [-0.2, -0.15) is 4.98 Å². The SMILES string of the molecule is CCc1nnc(-c2cnc(Nc3ccc4c(c3)C=CCS4=O)nc2N)o1.OCCc1ccccc1. The molecule has 0 spiro atoms. The Hall–Kier alpha value is -3.89. The van der Waals surface area contributed by atoms with Gasteiger partial charge in [0.15, 0.2) is 0 Å². The van der Waals surface area contributed by atoms with Crippen LogP contribution in [-0.4, -0.2) is 41.8 Å². The molecule has 3 heterocycles. The molecule has 0 amide bonds. The number of hydrogen-bond donors (Lipinski definition) is 3. The number of benzene rings is 2. The van der Waals surface area contributed by atoms with Crippen LogP contribution in [0.1, 0.15) is 23.9 Å². The normalized spacial score (nSPS) is 14.1. The number of aliphatic hydroxyl groups excluding tert-OH is 1. The van der Waals surface area contributed by atoms with E-state index in [1.54, 1.807) is 6.20 Å². The third-order valence-electron chi connectivity index (χ3n) is 5.12. The van der Waals surface area contributed by atoms with Gasteiger partial charge in [-0.05, 0) is 35.7 Å². The third kappa shape index (κ3) is 6.17. The topological polar surface area (TPSA) is 140 Å². The number of nitrogens with one attached hydrogen (secondary N) is 1. The van der Waals surface area contributed by atoms with Crippen LogP contribution in [0.25, 0.3) is 17.5 Å². The highest BCUT2D eigenvalue weighted by molar-refractivity contribution is 7.85. The molecule has 1 unspecified atom stereocenters. The number of anilines is 3. The molecule has 4 aromatic rings. The van der Waals surface area contributed by atoms with E-state index in [1.165, 1.54) is 5.56 Å². The molecule has 1 aliphatic heterocycles. The molecule has 4 N–H and O–H groups in total. The van der Waals surface area contributed by atoms with Crippen molar-refractivity contribution in [3.63, 3.8) is 0 Å². The van der Waals surface area contributed by atoms with E-state index in [2.05, 4.69) is 25.5 Å². The van der Waals surface area contributed by atoms with E-state index >= 15 is 0 Å². The van der Waals surface area contributed by atoms with Gasteiger partial charge in [0.1, 0.15) is 5.82 Å². The Bertz CT molecular complexity index is 1340. The van der Waals surface area contributed by atoms with Crippen LogP contribution in [0.15, 0.2) is 70.1 Å². The van der Waals surface area contributed by atoms with Crippen LogP contribution in [0, 0.1) is 0 Å². The summed E-state index contributed by atoms with van der Waals surface area (Å²) in [5.74, 6) is 1.97. The predicted octanol–water partition coefficient (Wildman–Crippen LogP) is 3.77. The van der Waals surface area contributed by atoms with Crippen molar-refractivity contribution >= 4 is 34.3 Å². The first-order valence-corrected chi connectivity index (χ1v) is 12.4. The summed E-state index contributed by atoms with van der Waals surface area (Å²) < 4.78 is 17.5. The van der Waals surface area contributed by atoms with Crippen molar-refractivity contribution in [3.8, 4) is 11.5 Å². The molecule has 9 nitrogen and oxygen atoms in total. The largest absolute Gasteiger partial charge is 0.421 e. The Labute approximate surface area is 205 Å². The summed E-state index contributed by atoms with van der Waals surface area (Å²) >= 11 is 0. The third-order valence-corrected chi connectivity index (χ3v) is 6.48. The van der Waals surface area contributed by atoms with E-state index in [9.17, 15) is 4.21 Å². The zero-order valence-corrected chi connectivity index (χ0v) is 20.0. The van der Waals surface area contributed by atoms with Crippen LogP contribution < -0.4 is 11.1 Å². The molecule has 5 rings (SSSR count). The lowest BCUT2D eigenvalue weighted by Gasteiger charge is -2.12. The van der Waals surface area contributed by atoms with Crippen LogP contribution in [0.5, 0.6) is 0 Å². The lowest BCUT2D eigenvalue weighted by Crippen LogP contribution is -2.05. The molecular weight excluding hydrogens is 464 g/mol. The van der Waals surface area contributed by atoms with Gasteiger partial charge >= 0.3 is 0 Å². The van der Waals surface area contributed by atoms with Gasteiger partial charge in [-0.15, -0.1) is 10.2 Å². The highest BCUT2D eigenvalue weighted by atomic mass is 32.2. The molecule has 0 bridgehead atoms. The van der Waals surface area contributed by atoms with E-state index in [0.29, 0.717) is 35.5 Å². The maximum absolute atomic E-state index is 12.0. The second kappa shape index (κ2) is 11.5. The highest BCUT2D eigenvalue weighted by Gasteiger charge is 2.15. The van der Waals surface area contributed by atoms with Gasteiger partial charge in [-0.3, -0.25) is 4.21 Å². The van der Waals surface area contributed by atoms with Gasteiger partial charge < -0.3 is 20.6 Å². The minimum absolute atomic E-state index is 0.240. The summed E-state index contributed by atoms with van der Waals surface area (Å²) in [7, 11) is -0.986. The Balaban J connectivity index is 0.000000271. The van der Waals surface area contributed by atoms with Gasteiger partial charge in [0.2, 0.25) is 11.8 Å². The second-order valence-corrected chi connectivity index (χ2v) is 9.06. The van der Waals surface area contributed by atoms with Crippen LogP contribution in [0.3, 0.4) is 0 Å². The zero-order valence-electron chi connectivity index (χ0n) is 19.2. The number of nitrogen functional groups attached to an aromatic ring is 1. The van der Waals surface area contributed by atoms with E-state index in [0.717, 1.165) is 22.6 Å².